The van der Waals surface area contributed by atoms with Crippen molar-refractivity contribution in [3.05, 3.63) is 122 Å². The topological polar surface area (TPSA) is 43.1 Å². The summed E-state index contributed by atoms with van der Waals surface area (Å²) in [6.07, 6.45) is 5.61. The van der Waals surface area contributed by atoms with Gasteiger partial charge in [0.05, 0.1) is 5.52 Å². The Bertz CT molecular complexity index is 1390. The summed E-state index contributed by atoms with van der Waals surface area (Å²) in [5, 5.41) is 1.06. The van der Waals surface area contributed by atoms with Gasteiger partial charge in [-0.1, -0.05) is 24.3 Å². The predicted octanol–water partition coefficient (Wildman–Crippen LogP) is 5.90. The normalized spacial score (nSPS) is 10.2. The van der Waals surface area contributed by atoms with Crippen LogP contribution in [0.15, 0.2) is 110 Å². The van der Waals surface area contributed by atoms with Crippen LogP contribution in [0.1, 0.15) is 0 Å². The van der Waals surface area contributed by atoms with Gasteiger partial charge in [0.1, 0.15) is 12.0 Å². The fraction of sp³-hybridized carbons (Fsp3) is 0. The molecule has 0 spiro atoms. The van der Waals surface area contributed by atoms with Crippen molar-refractivity contribution < 1.29 is 20.1 Å². The first kappa shape index (κ1) is 21.6. The van der Waals surface area contributed by atoms with Crippen LogP contribution in [-0.2, 0) is 20.1 Å². The average molecular weight is 591 g/mol. The number of hydrogen-bond donors (Lipinski definition) is 0. The summed E-state index contributed by atoms with van der Waals surface area (Å²) >= 11 is 0. The van der Waals surface area contributed by atoms with Crippen molar-refractivity contribution in [2.24, 2.45) is 0 Å². The van der Waals surface area contributed by atoms with Crippen LogP contribution in [-0.4, -0.2) is 19.4 Å². The number of benzene rings is 3. The van der Waals surface area contributed by atoms with E-state index in [9.17, 15) is 0 Å². The van der Waals surface area contributed by atoms with E-state index in [4.69, 9.17) is 0 Å². The number of hydrogen-bond acceptors (Lipinski definition) is 3. The number of aromatic nitrogens is 4. The Balaban J connectivity index is 0.000000149. The quantitative estimate of drug-likeness (QED) is 0.236. The summed E-state index contributed by atoms with van der Waals surface area (Å²) in [6, 6.07) is 36.0. The smallest absolute Gasteiger partial charge is 0.126 e. The zero-order valence-corrected chi connectivity index (χ0v) is 19.4. The summed E-state index contributed by atoms with van der Waals surface area (Å²) < 4.78 is 2.01. The van der Waals surface area contributed by atoms with Crippen LogP contribution >= 0.6 is 0 Å². The molecule has 0 fully saturated rings. The number of imidazole rings is 1. The maximum atomic E-state index is 4.51. The van der Waals surface area contributed by atoms with Gasteiger partial charge in [-0.25, -0.2) is 4.98 Å². The molecule has 6 rings (SSSR count). The third-order valence-electron chi connectivity index (χ3n) is 4.86. The summed E-state index contributed by atoms with van der Waals surface area (Å²) in [4.78, 5) is 13.1. The first-order chi connectivity index (χ1) is 15.4. The van der Waals surface area contributed by atoms with Crippen molar-refractivity contribution in [3.63, 3.8) is 0 Å². The van der Waals surface area contributed by atoms with Crippen LogP contribution in [0.2, 0.25) is 0 Å². The molecule has 4 nitrogen and oxygen atoms in total. The molecule has 3 aromatic carbocycles. The number of para-hydroxylation sites is 1. The first-order valence-electron chi connectivity index (χ1n) is 9.96. The Hall–Kier alpha value is -3.66. The Morgan fingerprint density at radius 2 is 1.41 bits per heavy atom. The molecule has 6 aromatic rings. The van der Waals surface area contributed by atoms with Crippen molar-refractivity contribution >= 4 is 16.6 Å². The molecule has 0 saturated carbocycles. The molecule has 32 heavy (non-hydrogen) atoms. The molecule has 157 valence electrons. The maximum Gasteiger partial charge on any atom is 0.126 e. The van der Waals surface area contributed by atoms with E-state index in [1.807, 2.05) is 108 Å². The van der Waals surface area contributed by atoms with Crippen molar-refractivity contribution in [2.75, 3.05) is 0 Å². The van der Waals surface area contributed by atoms with Crippen LogP contribution in [0.5, 0.6) is 0 Å². The predicted molar refractivity (Wildman–Crippen MR) is 123 cm³/mol. The number of fused-ring (bicyclic) bond motifs is 2. The first-order valence-corrected chi connectivity index (χ1v) is 9.96. The summed E-state index contributed by atoms with van der Waals surface area (Å²) in [5.74, 6) is 0. The molecule has 0 aliphatic heterocycles. The minimum Gasteiger partial charge on any atom is -0.316 e. The third-order valence-corrected chi connectivity index (χ3v) is 4.86. The van der Waals surface area contributed by atoms with E-state index >= 15 is 0 Å². The SMILES string of the molecule is [Ir].[c-]1ccccc1-c1cn2ccccc2n1.[c-]1ccccc1-c1ncnc2ccccc12. The second-order valence-electron chi connectivity index (χ2n) is 6.88. The van der Waals surface area contributed by atoms with Crippen LogP contribution in [0.25, 0.3) is 39.1 Å². The molecule has 3 heterocycles. The van der Waals surface area contributed by atoms with Gasteiger partial charge in [0.2, 0.25) is 0 Å². The maximum absolute atomic E-state index is 4.51. The van der Waals surface area contributed by atoms with Gasteiger partial charge in [-0.2, -0.15) is 0 Å². The van der Waals surface area contributed by atoms with Crippen molar-refractivity contribution in [3.8, 4) is 22.5 Å². The second-order valence-corrected chi connectivity index (χ2v) is 6.88. The minimum atomic E-state index is 0. The van der Waals surface area contributed by atoms with Gasteiger partial charge in [-0.3, -0.25) is 9.97 Å². The average Bonchev–Trinajstić information content (AvgIpc) is 3.30. The number of pyridine rings is 1. The largest absolute Gasteiger partial charge is 0.316 e. The van der Waals surface area contributed by atoms with Crippen LogP contribution in [0.3, 0.4) is 0 Å². The molecule has 0 saturated heterocycles. The molecule has 0 unspecified atom stereocenters. The Morgan fingerprint density at radius 3 is 2.16 bits per heavy atom. The standard InChI is InChI=1S/C14H9N2.C13H9N2.Ir/c1-2-6-11(7-3-1)14-12-8-4-5-9-13(12)15-10-16-14;1-2-6-11(7-3-1)12-10-15-9-5-4-8-13(15)14-12;/h1-6,8-10H;1-6,8-10H;/q2*-1;. The molecule has 3 aromatic heterocycles. The molecule has 0 N–H and O–H groups in total. The van der Waals surface area contributed by atoms with E-state index < -0.39 is 0 Å². The fourth-order valence-corrected chi connectivity index (χ4v) is 3.38. The number of nitrogens with zero attached hydrogens (tertiary/aromatic N) is 4. The molecule has 5 heteroatoms. The van der Waals surface area contributed by atoms with Crippen LogP contribution in [0.4, 0.5) is 0 Å². The van der Waals surface area contributed by atoms with Gasteiger partial charge in [0, 0.05) is 32.0 Å². The van der Waals surface area contributed by atoms with E-state index in [1.54, 1.807) is 6.33 Å². The van der Waals surface area contributed by atoms with Crippen molar-refractivity contribution in [1.29, 1.82) is 0 Å². The summed E-state index contributed by atoms with van der Waals surface area (Å²) in [5.41, 5.74) is 5.85. The summed E-state index contributed by atoms with van der Waals surface area (Å²) in [7, 11) is 0. The van der Waals surface area contributed by atoms with Gasteiger partial charge >= 0.3 is 0 Å². The van der Waals surface area contributed by atoms with E-state index in [1.165, 1.54) is 0 Å². The molecule has 0 amide bonds. The van der Waals surface area contributed by atoms with Crippen molar-refractivity contribution in [1.82, 2.24) is 19.4 Å². The Labute approximate surface area is 200 Å². The van der Waals surface area contributed by atoms with Gasteiger partial charge in [0.25, 0.3) is 0 Å². The zero-order valence-electron chi connectivity index (χ0n) is 17.0. The second kappa shape index (κ2) is 10.1. The molecular formula is C27H18IrN4-2. The third kappa shape index (κ3) is 4.65. The minimum absolute atomic E-state index is 0. The van der Waals surface area contributed by atoms with Gasteiger partial charge < -0.3 is 4.40 Å². The van der Waals surface area contributed by atoms with E-state index in [0.717, 1.165) is 39.1 Å². The Kier molecular flexibility index (Phi) is 6.81. The monoisotopic (exact) mass is 591 g/mol. The van der Waals surface area contributed by atoms with E-state index in [-0.39, 0.29) is 20.1 Å². The zero-order chi connectivity index (χ0) is 20.9. The van der Waals surface area contributed by atoms with Crippen LogP contribution < -0.4 is 0 Å². The van der Waals surface area contributed by atoms with Gasteiger partial charge in [-0.15, -0.1) is 71.8 Å². The molecular weight excluding hydrogens is 573 g/mol. The molecule has 0 aliphatic rings. The molecule has 0 aliphatic carbocycles. The van der Waals surface area contributed by atoms with Crippen molar-refractivity contribution in [2.45, 2.75) is 0 Å². The van der Waals surface area contributed by atoms with E-state index in [2.05, 4.69) is 27.1 Å². The van der Waals surface area contributed by atoms with E-state index in [0.29, 0.717) is 0 Å². The Morgan fingerprint density at radius 1 is 0.688 bits per heavy atom. The van der Waals surface area contributed by atoms with Crippen LogP contribution in [0, 0.1) is 12.1 Å². The molecule has 0 atom stereocenters. The fourth-order valence-electron chi connectivity index (χ4n) is 3.38. The van der Waals surface area contributed by atoms with Gasteiger partial charge in [-0.05, 0) is 35.5 Å². The molecule has 0 bridgehead atoms. The van der Waals surface area contributed by atoms with Gasteiger partial charge in [0.15, 0.2) is 0 Å². The summed E-state index contributed by atoms with van der Waals surface area (Å²) in [6.45, 7) is 0. The number of rotatable bonds is 2. The molecule has 1 radical (unpaired) electrons.